The fourth-order valence-electron chi connectivity index (χ4n) is 0.944. The van der Waals surface area contributed by atoms with Crippen LogP contribution in [0, 0.1) is 0 Å². The molecule has 11 heavy (non-hydrogen) atoms. The Kier molecular flexibility index (Phi) is 3.05. The second-order valence-corrected chi connectivity index (χ2v) is 2.87. The van der Waals surface area contributed by atoms with Gasteiger partial charge in [-0.2, -0.15) is 0 Å². The monoisotopic (exact) mass is 150 g/mol. The number of aromatic nitrogens is 1. The molecule has 0 aliphatic rings. The summed E-state index contributed by atoms with van der Waals surface area (Å²) < 4.78 is 0. The lowest BCUT2D eigenvalue weighted by Gasteiger charge is -2.03. The molecule has 0 bridgehead atoms. The minimum absolute atomic E-state index is 0.295. The third-order valence-corrected chi connectivity index (χ3v) is 1.64. The summed E-state index contributed by atoms with van der Waals surface area (Å²) in [5.41, 5.74) is 6.94. The number of nitrogens with zero attached hydrogens (tertiary/aromatic N) is 1. The van der Waals surface area contributed by atoms with E-state index in [1.807, 2.05) is 31.5 Å². The van der Waals surface area contributed by atoms with Crippen molar-refractivity contribution in [3.63, 3.8) is 0 Å². The van der Waals surface area contributed by atoms with Gasteiger partial charge in [0.1, 0.15) is 0 Å². The summed E-state index contributed by atoms with van der Waals surface area (Å²) in [6, 6.07) is 4.35. The highest BCUT2D eigenvalue weighted by Crippen LogP contribution is 2.01. The van der Waals surface area contributed by atoms with E-state index in [9.17, 15) is 0 Å². The van der Waals surface area contributed by atoms with Crippen molar-refractivity contribution in [2.45, 2.75) is 25.8 Å². The zero-order valence-electron chi connectivity index (χ0n) is 6.83. The lowest BCUT2D eigenvalue weighted by atomic mass is 10.1. The molecule has 1 heterocycles. The van der Waals surface area contributed by atoms with Crippen LogP contribution in [-0.2, 0) is 6.42 Å². The van der Waals surface area contributed by atoms with Crippen molar-refractivity contribution in [1.82, 2.24) is 4.98 Å². The first-order valence-electron chi connectivity index (χ1n) is 3.93. The van der Waals surface area contributed by atoms with Crippen molar-refractivity contribution in [3.8, 4) is 0 Å². The SMILES string of the molecule is CC(N)CCc1ccncc1. The molecule has 1 aromatic rings. The van der Waals surface area contributed by atoms with E-state index in [4.69, 9.17) is 5.73 Å². The lowest BCUT2D eigenvalue weighted by Crippen LogP contribution is -2.15. The number of rotatable bonds is 3. The van der Waals surface area contributed by atoms with E-state index in [0.29, 0.717) is 6.04 Å². The minimum Gasteiger partial charge on any atom is -0.328 e. The first-order valence-corrected chi connectivity index (χ1v) is 3.93. The molecule has 1 atom stereocenters. The van der Waals surface area contributed by atoms with Crippen LogP contribution in [0.15, 0.2) is 24.5 Å². The van der Waals surface area contributed by atoms with Gasteiger partial charge in [0.25, 0.3) is 0 Å². The average molecular weight is 150 g/mol. The molecule has 0 saturated heterocycles. The van der Waals surface area contributed by atoms with Crippen molar-refractivity contribution in [2.24, 2.45) is 5.73 Å². The minimum atomic E-state index is 0.295. The van der Waals surface area contributed by atoms with E-state index in [0.717, 1.165) is 12.8 Å². The number of pyridine rings is 1. The van der Waals surface area contributed by atoms with Gasteiger partial charge in [-0.15, -0.1) is 0 Å². The standard InChI is InChI=1S/C9H14N2/c1-8(10)2-3-9-4-6-11-7-5-9/h4-8H,2-3,10H2,1H3. The fourth-order valence-corrected chi connectivity index (χ4v) is 0.944. The molecular formula is C9H14N2. The Labute approximate surface area is 67.5 Å². The van der Waals surface area contributed by atoms with E-state index in [2.05, 4.69) is 4.98 Å². The second kappa shape index (κ2) is 4.09. The van der Waals surface area contributed by atoms with E-state index in [1.165, 1.54) is 5.56 Å². The molecule has 0 aliphatic carbocycles. The molecule has 1 rings (SSSR count). The van der Waals surface area contributed by atoms with E-state index >= 15 is 0 Å². The Morgan fingerprint density at radius 3 is 2.64 bits per heavy atom. The van der Waals surface area contributed by atoms with E-state index in [1.54, 1.807) is 0 Å². The molecule has 2 heteroatoms. The van der Waals surface area contributed by atoms with Gasteiger partial charge in [0.2, 0.25) is 0 Å². The highest BCUT2D eigenvalue weighted by molar-refractivity contribution is 5.09. The topological polar surface area (TPSA) is 38.9 Å². The molecule has 2 nitrogen and oxygen atoms in total. The van der Waals surface area contributed by atoms with Gasteiger partial charge < -0.3 is 5.73 Å². The van der Waals surface area contributed by atoms with Crippen LogP contribution < -0.4 is 5.73 Å². The molecule has 0 saturated carbocycles. The molecular weight excluding hydrogens is 136 g/mol. The summed E-state index contributed by atoms with van der Waals surface area (Å²) in [7, 11) is 0. The first-order chi connectivity index (χ1) is 5.29. The van der Waals surface area contributed by atoms with Crippen LogP contribution in [0.4, 0.5) is 0 Å². The number of nitrogens with two attached hydrogens (primary N) is 1. The van der Waals surface area contributed by atoms with Gasteiger partial charge in [-0.1, -0.05) is 0 Å². The predicted molar refractivity (Wildman–Crippen MR) is 46.2 cm³/mol. The molecule has 0 aliphatic heterocycles. The Morgan fingerprint density at radius 1 is 1.45 bits per heavy atom. The quantitative estimate of drug-likeness (QED) is 0.706. The third kappa shape index (κ3) is 3.14. The van der Waals surface area contributed by atoms with Crippen LogP contribution in [0.3, 0.4) is 0 Å². The fraction of sp³-hybridized carbons (Fsp3) is 0.444. The average Bonchev–Trinajstić information content (AvgIpc) is 2.03. The van der Waals surface area contributed by atoms with Gasteiger partial charge in [0.05, 0.1) is 0 Å². The van der Waals surface area contributed by atoms with Crippen molar-refractivity contribution in [2.75, 3.05) is 0 Å². The molecule has 1 aromatic heterocycles. The van der Waals surface area contributed by atoms with Crippen LogP contribution in [-0.4, -0.2) is 11.0 Å². The summed E-state index contributed by atoms with van der Waals surface area (Å²) in [6.45, 7) is 2.03. The Bertz CT molecular complexity index is 194. The van der Waals surface area contributed by atoms with Crippen LogP contribution in [0.5, 0.6) is 0 Å². The molecule has 0 amide bonds. The zero-order chi connectivity index (χ0) is 8.10. The maximum atomic E-state index is 5.62. The summed E-state index contributed by atoms with van der Waals surface area (Å²) in [5, 5.41) is 0. The second-order valence-electron chi connectivity index (χ2n) is 2.87. The molecule has 0 aromatic carbocycles. The summed E-state index contributed by atoms with van der Waals surface area (Å²) >= 11 is 0. The summed E-state index contributed by atoms with van der Waals surface area (Å²) in [4.78, 5) is 3.94. The first kappa shape index (κ1) is 8.21. The van der Waals surface area contributed by atoms with Crippen molar-refractivity contribution >= 4 is 0 Å². The molecule has 60 valence electrons. The van der Waals surface area contributed by atoms with Gasteiger partial charge >= 0.3 is 0 Å². The molecule has 0 radical (unpaired) electrons. The van der Waals surface area contributed by atoms with Crippen LogP contribution in [0.1, 0.15) is 18.9 Å². The largest absolute Gasteiger partial charge is 0.328 e. The lowest BCUT2D eigenvalue weighted by molar-refractivity contribution is 0.666. The van der Waals surface area contributed by atoms with Crippen LogP contribution >= 0.6 is 0 Å². The predicted octanol–water partition coefficient (Wildman–Crippen LogP) is 1.36. The van der Waals surface area contributed by atoms with Gasteiger partial charge in [-0.05, 0) is 37.5 Å². The normalized spacial score (nSPS) is 12.9. The smallest absolute Gasteiger partial charge is 0.0270 e. The van der Waals surface area contributed by atoms with Gasteiger partial charge in [0.15, 0.2) is 0 Å². The van der Waals surface area contributed by atoms with Gasteiger partial charge in [-0.25, -0.2) is 0 Å². The summed E-state index contributed by atoms with van der Waals surface area (Å²) in [5.74, 6) is 0. The van der Waals surface area contributed by atoms with Crippen molar-refractivity contribution in [3.05, 3.63) is 30.1 Å². The molecule has 1 unspecified atom stereocenters. The van der Waals surface area contributed by atoms with E-state index in [-0.39, 0.29) is 0 Å². The number of hydrogen-bond acceptors (Lipinski definition) is 2. The number of hydrogen-bond donors (Lipinski definition) is 1. The summed E-state index contributed by atoms with van der Waals surface area (Å²) in [6.07, 6.45) is 5.73. The maximum absolute atomic E-state index is 5.62. The Hall–Kier alpha value is -0.890. The maximum Gasteiger partial charge on any atom is 0.0270 e. The van der Waals surface area contributed by atoms with Crippen LogP contribution in [0.2, 0.25) is 0 Å². The number of aryl methyl sites for hydroxylation is 1. The zero-order valence-corrected chi connectivity index (χ0v) is 6.83. The highest BCUT2D eigenvalue weighted by atomic mass is 14.6. The van der Waals surface area contributed by atoms with E-state index < -0.39 is 0 Å². The molecule has 2 N–H and O–H groups in total. The van der Waals surface area contributed by atoms with Crippen LogP contribution in [0.25, 0.3) is 0 Å². The molecule has 0 fully saturated rings. The molecule has 0 spiro atoms. The third-order valence-electron chi connectivity index (χ3n) is 1.64. The van der Waals surface area contributed by atoms with Gasteiger partial charge in [-0.3, -0.25) is 4.98 Å². The van der Waals surface area contributed by atoms with Gasteiger partial charge in [0, 0.05) is 18.4 Å². The Morgan fingerprint density at radius 2 is 2.09 bits per heavy atom. The van der Waals surface area contributed by atoms with Crippen molar-refractivity contribution in [1.29, 1.82) is 0 Å². The Balaban J connectivity index is 2.39. The van der Waals surface area contributed by atoms with Crippen molar-refractivity contribution < 1.29 is 0 Å². The highest BCUT2D eigenvalue weighted by Gasteiger charge is 1.94.